The molecule has 2 atom stereocenters. The summed E-state index contributed by atoms with van der Waals surface area (Å²) >= 11 is 0. The lowest BCUT2D eigenvalue weighted by molar-refractivity contribution is -0.137. The van der Waals surface area contributed by atoms with Crippen molar-refractivity contribution in [3.05, 3.63) is 29.8 Å². The summed E-state index contributed by atoms with van der Waals surface area (Å²) in [5.41, 5.74) is 15.9. The number of nitrogens with one attached hydrogen (secondary N) is 2. The molecule has 1 aliphatic heterocycles. The fraction of sp³-hybridized carbons (Fsp3) is 0.400. The van der Waals surface area contributed by atoms with Crippen LogP contribution >= 0.6 is 0 Å². The molecule has 1 fully saturated rings. The first-order valence-corrected chi connectivity index (χ1v) is 5.48. The molecule has 0 amide bonds. The van der Waals surface area contributed by atoms with Crippen LogP contribution in [0.15, 0.2) is 34.5 Å². The van der Waals surface area contributed by atoms with E-state index < -0.39 is 30.1 Å². The second-order valence-corrected chi connectivity index (χ2v) is 4.09. The van der Waals surface area contributed by atoms with Gasteiger partial charge in [0.25, 0.3) is 0 Å². The largest absolute Gasteiger partial charge is 0.416 e. The van der Waals surface area contributed by atoms with Crippen molar-refractivity contribution in [1.29, 1.82) is 0 Å². The number of nitrogens with two attached hydrogens (primary N) is 2. The van der Waals surface area contributed by atoms with Crippen molar-refractivity contribution in [3.63, 3.8) is 0 Å². The lowest BCUT2D eigenvalue weighted by Gasteiger charge is -2.10. The Morgan fingerprint density at radius 3 is 2.32 bits per heavy atom. The van der Waals surface area contributed by atoms with Crippen molar-refractivity contribution in [2.75, 3.05) is 0 Å². The van der Waals surface area contributed by atoms with Crippen LogP contribution < -0.4 is 22.3 Å². The van der Waals surface area contributed by atoms with Gasteiger partial charge in [0.2, 0.25) is 0 Å². The average Bonchev–Trinajstić information content (AvgIpc) is 2.66. The zero-order valence-corrected chi connectivity index (χ0v) is 9.72. The van der Waals surface area contributed by atoms with Gasteiger partial charge in [0.15, 0.2) is 0 Å². The lowest BCUT2D eigenvalue weighted by atomic mass is 10.2. The third-order valence-corrected chi connectivity index (χ3v) is 2.63. The Hall–Kier alpha value is -1.55. The van der Waals surface area contributed by atoms with E-state index in [2.05, 4.69) is 21.1 Å². The van der Waals surface area contributed by atoms with Crippen LogP contribution in [-0.2, 0) is 6.18 Å². The van der Waals surface area contributed by atoms with Crippen LogP contribution in [0, 0.1) is 0 Å². The third-order valence-electron chi connectivity index (χ3n) is 2.63. The molecule has 0 spiro atoms. The van der Waals surface area contributed by atoms with Gasteiger partial charge in [-0.2, -0.15) is 23.4 Å². The second-order valence-electron chi connectivity index (χ2n) is 4.09. The van der Waals surface area contributed by atoms with Crippen molar-refractivity contribution in [3.8, 4) is 0 Å². The molecule has 1 heterocycles. The van der Waals surface area contributed by atoms with Gasteiger partial charge in [-0.15, -0.1) is 0 Å². The second kappa shape index (κ2) is 5.21. The number of alkyl halides is 3. The van der Waals surface area contributed by atoms with E-state index in [1.54, 1.807) is 0 Å². The van der Waals surface area contributed by atoms with Crippen LogP contribution in [0.4, 0.5) is 18.9 Å². The molecule has 1 aliphatic rings. The highest BCUT2D eigenvalue weighted by Crippen LogP contribution is 2.31. The minimum atomic E-state index is -4.41. The van der Waals surface area contributed by atoms with Gasteiger partial charge in [-0.05, 0) is 18.2 Å². The summed E-state index contributed by atoms with van der Waals surface area (Å²) in [5.74, 6) is 0. The minimum Gasteiger partial charge on any atom is -0.313 e. The van der Waals surface area contributed by atoms with Crippen LogP contribution in [0.3, 0.4) is 0 Å². The zero-order chi connectivity index (χ0) is 14.0. The van der Waals surface area contributed by atoms with Crippen molar-refractivity contribution < 1.29 is 13.2 Å². The molecule has 1 aromatic carbocycles. The van der Waals surface area contributed by atoms with Crippen molar-refractivity contribution in [1.82, 2.24) is 10.9 Å². The van der Waals surface area contributed by atoms with Gasteiger partial charge in [0, 0.05) is 0 Å². The molecule has 19 heavy (non-hydrogen) atoms. The van der Waals surface area contributed by atoms with E-state index in [9.17, 15) is 13.2 Å². The zero-order valence-electron chi connectivity index (χ0n) is 9.72. The predicted octanol–water partition coefficient (Wildman–Crippen LogP) is 0.835. The van der Waals surface area contributed by atoms with E-state index in [0.717, 1.165) is 12.1 Å². The fourth-order valence-electron chi connectivity index (χ4n) is 1.61. The van der Waals surface area contributed by atoms with E-state index in [1.165, 1.54) is 12.1 Å². The van der Waals surface area contributed by atoms with Gasteiger partial charge >= 0.3 is 6.18 Å². The molecular weight excluding hydrogens is 261 g/mol. The van der Waals surface area contributed by atoms with E-state index >= 15 is 0 Å². The summed E-state index contributed by atoms with van der Waals surface area (Å²) in [4.78, 5) is 0. The Morgan fingerprint density at radius 2 is 1.74 bits per heavy atom. The van der Waals surface area contributed by atoms with Crippen LogP contribution in [0.1, 0.15) is 5.56 Å². The Balaban J connectivity index is 2.15. The fourth-order valence-corrected chi connectivity index (χ4v) is 1.61. The number of halogens is 3. The summed E-state index contributed by atoms with van der Waals surface area (Å²) in [7, 11) is 0. The number of rotatable bonds is 2. The van der Waals surface area contributed by atoms with Crippen molar-refractivity contribution >= 4 is 5.69 Å². The Bertz CT molecular complexity index is 465. The number of hydrogen-bond donors (Lipinski definition) is 4. The summed E-state index contributed by atoms with van der Waals surface area (Å²) in [6, 6.07) is 4.02. The van der Waals surface area contributed by atoms with E-state index in [-0.39, 0.29) is 5.69 Å². The molecule has 2 rings (SSSR count). The topological polar surface area (TPSA) is 101 Å². The number of nitrogens with zero attached hydrogens (tertiary/aromatic N) is 2. The lowest BCUT2D eigenvalue weighted by Crippen LogP contribution is -2.41. The number of hydrogen-bond acceptors (Lipinski definition) is 6. The summed E-state index contributed by atoms with van der Waals surface area (Å²) in [5, 5.41) is 7.61. The van der Waals surface area contributed by atoms with Gasteiger partial charge in [0.1, 0.15) is 6.04 Å². The van der Waals surface area contributed by atoms with E-state index in [0.29, 0.717) is 0 Å². The molecule has 1 saturated heterocycles. The molecule has 0 aromatic heterocycles. The summed E-state index contributed by atoms with van der Waals surface area (Å²) < 4.78 is 37.5. The molecule has 0 saturated carbocycles. The summed E-state index contributed by atoms with van der Waals surface area (Å²) in [6.07, 6.45) is -5.48. The minimum absolute atomic E-state index is 0.0983. The van der Waals surface area contributed by atoms with Crippen LogP contribution in [0.2, 0.25) is 0 Å². The molecule has 6 N–H and O–H groups in total. The molecule has 104 valence electrons. The number of benzene rings is 1. The average molecular weight is 274 g/mol. The highest BCUT2D eigenvalue weighted by atomic mass is 19.4. The van der Waals surface area contributed by atoms with Gasteiger partial charge < -0.3 is 11.5 Å². The maximum absolute atomic E-state index is 12.5. The van der Waals surface area contributed by atoms with Gasteiger partial charge in [-0.3, -0.25) is 0 Å². The maximum Gasteiger partial charge on any atom is 0.416 e. The molecule has 0 aliphatic carbocycles. The van der Waals surface area contributed by atoms with E-state index in [4.69, 9.17) is 11.5 Å². The molecule has 1 aromatic rings. The number of azo groups is 1. The van der Waals surface area contributed by atoms with Crippen molar-refractivity contribution in [2.45, 2.75) is 24.5 Å². The molecule has 9 heteroatoms. The monoisotopic (exact) mass is 274 g/mol. The molecule has 2 unspecified atom stereocenters. The smallest absolute Gasteiger partial charge is 0.313 e. The van der Waals surface area contributed by atoms with Crippen molar-refractivity contribution in [2.24, 2.45) is 21.7 Å². The Morgan fingerprint density at radius 1 is 1.11 bits per heavy atom. The number of hydrazine groups is 1. The van der Waals surface area contributed by atoms with Gasteiger partial charge in [-0.25, -0.2) is 10.9 Å². The Labute approximate surface area is 107 Å². The highest BCUT2D eigenvalue weighted by molar-refractivity contribution is 5.40. The van der Waals surface area contributed by atoms with Crippen LogP contribution in [0.5, 0.6) is 0 Å². The first-order valence-electron chi connectivity index (χ1n) is 5.48. The predicted molar refractivity (Wildman–Crippen MR) is 62.0 cm³/mol. The maximum atomic E-state index is 12.5. The SMILES string of the molecule is NC1NNC(N)C1N=Nc1cccc(C(F)(F)F)c1. The highest BCUT2D eigenvalue weighted by Gasteiger charge is 2.32. The standard InChI is InChI=1S/C10H13F3N6/c11-10(12,13)5-2-1-3-6(4-5)16-17-7-8(14)18-19-9(7)15/h1-4,7-9,18-19H,14-15H2. The molecular formula is C10H13F3N6. The normalized spacial score (nSPS) is 28.2. The van der Waals surface area contributed by atoms with E-state index in [1.807, 2.05) is 0 Å². The van der Waals surface area contributed by atoms with Gasteiger partial charge in [0.05, 0.1) is 23.6 Å². The quantitative estimate of drug-likeness (QED) is 0.600. The molecule has 0 radical (unpaired) electrons. The molecule has 0 bridgehead atoms. The van der Waals surface area contributed by atoms with Gasteiger partial charge in [-0.1, -0.05) is 6.07 Å². The summed E-state index contributed by atoms with van der Waals surface area (Å²) in [6.45, 7) is 0. The first kappa shape index (κ1) is 13.9. The Kier molecular flexibility index (Phi) is 3.80. The van der Waals surface area contributed by atoms with Crippen LogP contribution in [-0.4, -0.2) is 18.4 Å². The molecule has 6 nitrogen and oxygen atoms in total. The third kappa shape index (κ3) is 3.26. The van der Waals surface area contributed by atoms with Crippen LogP contribution in [0.25, 0.3) is 0 Å². The first-order chi connectivity index (χ1) is 8.88.